The molecule has 0 aliphatic carbocycles. The molecule has 0 aromatic carbocycles. The zero-order chi connectivity index (χ0) is 11.7. The summed E-state index contributed by atoms with van der Waals surface area (Å²) in [6, 6.07) is 0. The standard InChI is InChI=1S/C9H18NO4P/c1-5-12-15(13-6-2)14-8(3)7-10-9(4)11/h7H,5-6H2,1-4H3,(H,10,11). The Kier molecular flexibility index (Phi) is 8.28. The molecule has 0 aromatic heterocycles. The summed E-state index contributed by atoms with van der Waals surface area (Å²) in [5.41, 5.74) is 0. The maximum Gasteiger partial charge on any atom is 0.396 e. The summed E-state index contributed by atoms with van der Waals surface area (Å²) in [6.45, 7) is 7.94. The molecule has 0 bridgehead atoms. The Bertz CT molecular complexity index is 214. The lowest BCUT2D eigenvalue weighted by molar-refractivity contribution is -0.118. The Balaban J connectivity index is 4.02. The summed E-state index contributed by atoms with van der Waals surface area (Å²) in [7, 11) is -1.35. The molecule has 6 heteroatoms. The van der Waals surface area contributed by atoms with Gasteiger partial charge in [0.15, 0.2) is 0 Å². The first-order chi connectivity index (χ1) is 7.10. The average molecular weight is 235 g/mol. The maximum absolute atomic E-state index is 10.6. The summed E-state index contributed by atoms with van der Waals surface area (Å²) in [6.07, 6.45) is 1.48. The minimum Gasteiger partial charge on any atom is -0.430 e. The Morgan fingerprint density at radius 1 is 1.27 bits per heavy atom. The third kappa shape index (κ3) is 8.36. The van der Waals surface area contributed by atoms with Gasteiger partial charge >= 0.3 is 8.60 Å². The molecule has 0 aliphatic heterocycles. The number of allylic oxidation sites excluding steroid dienone is 1. The third-order valence-electron chi connectivity index (χ3n) is 1.17. The molecule has 0 rings (SSSR count). The molecule has 0 saturated carbocycles. The van der Waals surface area contributed by atoms with E-state index in [1.807, 2.05) is 13.8 Å². The molecule has 1 N–H and O–H groups in total. The minimum absolute atomic E-state index is 0.143. The second-order valence-electron chi connectivity index (χ2n) is 2.61. The predicted molar refractivity (Wildman–Crippen MR) is 58.8 cm³/mol. The van der Waals surface area contributed by atoms with Gasteiger partial charge in [-0.1, -0.05) is 0 Å². The lowest BCUT2D eigenvalue weighted by Gasteiger charge is -2.15. The molecule has 0 fully saturated rings. The summed E-state index contributed by atoms with van der Waals surface area (Å²) < 4.78 is 15.8. The van der Waals surface area contributed by atoms with Crippen molar-refractivity contribution in [3.05, 3.63) is 12.0 Å². The highest BCUT2D eigenvalue weighted by Gasteiger charge is 2.12. The lowest BCUT2D eigenvalue weighted by atomic mass is 10.6. The topological polar surface area (TPSA) is 56.8 Å². The van der Waals surface area contributed by atoms with E-state index in [-0.39, 0.29) is 5.91 Å². The molecule has 15 heavy (non-hydrogen) atoms. The zero-order valence-corrected chi connectivity index (χ0v) is 10.5. The van der Waals surface area contributed by atoms with E-state index in [2.05, 4.69) is 5.32 Å². The van der Waals surface area contributed by atoms with Gasteiger partial charge in [-0.25, -0.2) is 0 Å². The van der Waals surface area contributed by atoms with Crippen molar-refractivity contribution in [2.24, 2.45) is 0 Å². The smallest absolute Gasteiger partial charge is 0.396 e. The highest BCUT2D eigenvalue weighted by atomic mass is 31.2. The average Bonchev–Trinajstić information content (AvgIpc) is 2.15. The van der Waals surface area contributed by atoms with Crippen molar-refractivity contribution < 1.29 is 18.4 Å². The van der Waals surface area contributed by atoms with Gasteiger partial charge in [0.2, 0.25) is 5.91 Å². The number of amides is 1. The van der Waals surface area contributed by atoms with Crippen molar-refractivity contribution in [2.75, 3.05) is 13.2 Å². The van der Waals surface area contributed by atoms with Gasteiger partial charge in [0.25, 0.3) is 0 Å². The van der Waals surface area contributed by atoms with Crippen LogP contribution in [0.2, 0.25) is 0 Å². The fourth-order valence-corrected chi connectivity index (χ4v) is 1.54. The second-order valence-corrected chi connectivity index (χ2v) is 3.75. The lowest BCUT2D eigenvalue weighted by Crippen LogP contribution is -2.12. The van der Waals surface area contributed by atoms with Gasteiger partial charge in [-0.2, -0.15) is 0 Å². The molecular weight excluding hydrogens is 217 g/mol. The maximum atomic E-state index is 10.6. The largest absolute Gasteiger partial charge is 0.430 e. The normalized spacial score (nSPS) is 11.7. The van der Waals surface area contributed by atoms with E-state index >= 15 is 0 Å². The number of carbonyl (C=O) groups excluding carboxylic acids is 1. The van der Waals surface area contributed by atoms with E-state index in [1.54, 1.807) is 6.92 Å². The van der Waals surface area contributed by atoms with Crippen LogP contribution in [0.1, 0.15) is 27.7 Å². The van der Waals surface area contributed by atoms with Crippen LogP contribution in [0.25, 0.3) is 0 Å². The van der Waals surface area contributed by atoms with Crippen molar-refractivity contribution in [1.29, 1.82) is 0 Å². The van der Waals surface area contributed by atoms with Crippen molar-refractivity contribution >= 4 is 14.5 Å². The van der Waals surface area contributed by atoms with Gasteiger partial charge in [-0.05, 0) is 20.8 Å². The number of rotatable bonds is 7. The van der Waals surface area contributed by atoms with E-state index in [0.29, 0.717) is 19.0 Å². The molecule has 0 radical (unpaired) electrons. The van der Waals surface area contributed by atoms with Gasteiger partial charge in [0, 0.05) is 13.1 Å². The SMILES string of the molecule is CCOP(OCC)OC(C)=CNC(C)=O. The van der Waals surface area contributed by atoms with Crippen LogP contribution >= 0.6 is 8.60 Å². The molecule has 0 saturated heterocycles. The van der Waals surface area contributed by atoms with Crippen molar-refractivity contribution in [2.45, 2.75) is 27.7 Å². The third-order valence-corrected chi connectivity index (χ3v) is 2.54. The molecule has 0 spiro atoms. The summed E-state index contributed by atoms with van der Waals surface area (Å²) in [4.78, 5) is 10.6. The van der Waals surface area contributed by atoms with Crippen LogP contribution in [-0.4, -0.2) is 19.1 Å². The van der Waals surface area contributed by atoms with Crippen molar-refractivity contribution in [3.8, 4) is 0 Å². The molecule has 88 valence electrons. The van der Waals surface area contributed by atoms with Crippen LogP contribution in [0.3, 0.4) is 0 Å². The van der Waals surface area contributed by atoms with Crippen molar-refractivity contribution in [1.82, 2.24) is 5.32 Å². The van der Waals surface area contributed by atoms with Gasteiger partial charge < -0.3 is 18.9 Å². The van der Waals surface area contributed by atoms with Crippen LogP contribution < -0.4 is 5.32 Å². The second kappa shape index (κ2) is 8.65. The first-order valence-corrected chi connectivity index (χ1v) is 5.87. The number of nitrogens with one attached hydrogen (secondary N) is 1. The monoisotopic (exact) mass is 235 g/mol. The van der Waals surface area contributed by atoms with E-state index in [1.165, 1.54) is 13.1 Å². The van der Waals surface area contributed by atoms with E-state index in [4.69, 9.17) is 13.6 Å². The predicted octanol–water partition coefficient (Wildman–Crippen LogP) is 2.30. The van der Waals surface area contributed by atoms with Crippen LogP contribution in [0.15, 0.2) is 12.0 Å². The quantitative estimate of drug-likeness (QED) is 0.543. The minimum atomic E-state index is -1.35. The highest BCUT2D eigenvalue weighted by Crippen LogP contribution is 2.41. The molecule has 1 amide bonds. The van der Waals surface area contributed by atoms with Gasteiger partial charge in [0.1, 0.15) is 5.76 Å². The Hall–Kier alpha value is -0.640. The number of carbonyl (C=O) groups is 1. The number of hydrogen-bond donors (Lipinski definition) is 1. The van der Waals surface area contributed by atoms with Crippen molar-refractivity contribution in [3.63, 3.8) is 0 Å². The van der Waals surface area contributed by atoms with Crippen LogP contribution in [0.5, 0.6) is 0 Å². The van der Waals surface area contributed by atoms with Crippen LogP contribution in [-0.2, 0) is 18.4 Å². The molecule has 0 unspecified atom stereocenters. The fraction of sp³-hybridized carbons (Fsp3) is 0.667. The first kappa shape index (κ1) is 14.4. The summed E-state index contributed by atoms with van der Waals surface area (Å²) in [5, 5.41) is 2.51. The fourth-order valence-electron chi connectivity index (χ4n) is 0.648. The molecule has 5 nitrogen and oxygen atoms in total. The molecule has 0 aromatic rings. The first-order valence-electron chi connectivity index (χ1n) is 4.77. The Morgan fingerprint density at radius 2 is 1.80 bits per heavy atom. The van der Waals surface area contributed by atoms with E-state index < -0.39 is 8.60 Å². The molecular formula is C9H18NO4P. The summed E-state index contributed by atoms with van der Waals surface area (Å²) in [5.74, 6) is 0.410. The van der Waals surface area contributed by atoms with Crippen LogP contribution in [0.4, 0.5) is 0 Å². The van der Waals surface area contributed by atoms with Gasteiger partial charge in [0.05, 0.1) is 13.2 Å². The van der Waals surface area contributed by atoms with E-state index in [0.717, 1.165) is 0 Å². The van der Waals surface area contributed by atoms with Crippen LogP contribution in [0, 0.1) is 0 Å². The molecule has 0 aliphatic rings. The highest BCUT2D eigenvalue weighted by molar-refractivity contribution is 7.41. The molecule has 0 atom stereocenters. The van der Waals surface area contributed by atoms with E-state index in [9.17, 15) is 4.79 Å². The Morgan fingerprint density at radius 3 is 2.20 bits per heavy atom. The Labute approximate surface area is 91.8 Å². The summed E-state index contributed by atoms with van der Waals surface area (Å²) >= 11 is 0. The number of hydrogen-bond acceptors (Lipinski definition) is 4. The van der Waals surface area contributed by atoms with Gasteiger partial charge in [-0.15, -0.1) is 0 Å². The molecule has 0 heterocycles. The zero-order valence-electron chi connectivity index (χ0n) is 9.57. The van der Waals surface area contributed by atoms with Gasteiger partial charge in [-0.3, -0.25) is 4.79 Å².